The Morgan fingerprint density at radius 1 is 1.54 bits per heavy atom. The van der Waals surface area contributed by atoms with Gasteiger partial charge in [-0.2, -0.15) is 5.23 Å². The molecule has 0 aliphatic heterocycles. The predicted octanol–water partition coefficient (Wildman–Crippen LogP) is 0.620. The molecule has 1 aromatic heterocycles. The summed E-state index contributed by atoms with van der Waals surface area (Å²) in [5.41, 5.74) is 1.17. The van der Waals surface area contributed by atoms with Crippen LogP contribution in [-0.2, 0) is 0 Å². The second-order valence-corrected chi connectivity index (χ2v) is 2.89. The van der Waals surface area contributed by atoms with Gasteiger partial charge in [-0.05, 0) is 17.7 Å². The molecule has 0 fully saturated rings. The third-order valence-electron chi connectivity index (χ3n) is 1.71. The molecular weight excluding hydrogens is 194 g/mol. The highest BCUT2D eigenvalue weighted by atomic mass is 35.5. The van der Waals surface area contributed by atoms with Crippen LogP contribution in [0.5, 0.6) is 0 Å². The molecule has 0 aliphatic rings. The van der Waals surface area contributed by atoms with Crippen LogP contribution in [0.4, 0.5) is 5.69 Å². The number of para-hydroxylation sites is 1. The summed E-state index contributed by atoms with van der Waals surface area (Å²) in [6.07, 6.45) is 0. The lowest BCUT2D eigenvalue weighted by Gasteiger charge is -2.10. The fraction of sp³-hybridized carbons (Fsp3) is 0. The monoisotopic (exact) mass is 199 g/mol. The number of hydrogen-bond acceptors (Lipinski definition) is 3. The second-order valence-electron chi connectivity index (χ2n) is 2.53. The highest BCUT2D eigenvalue weighted by Crippen LogP contribution is 2.19. The van der Waals surface area contributed by atoms with E-state index in [4.69, 9.17) is 16.8 Å². The number of fused-ring (bicyclic) bond motifs is 1. The number of halogens is 1. The van der Waals surface area contributed by atoms with Crippen LogP contribution in [0.1, 0.15) is 0 Å². The van der Waals surface area contributed by atoms with E-state index in [9.17, 15) is 5.21 Å². The van der Waals surface area contributed by atoms with E-state index in [2.05, 4.69) is 9.97 Å². The van der Waals surface area contributed by atoms with Crippen LogP contribution in [0.25, 0.3) is 11.0 Å². The number of H-pyrrole nitrogens is 1. The molecule has 5 nitrogen and oxygen atoms in total. The van der Waals surface area contributed by atoms with E-state index in [-0.39, 0.29) is 11.0 Å². The smallest absolute Gasteiger partial charge is 0.201 e. The maximum atomic E-state index is 10.7. The average Bonchev–Trinajstić information content (AvgIpc) is 2.43. The van der Waals surface area contributed by atoms with Gasteiger partial charge in [-0.1, -0.05) is 6.07 Å². The van der Waals surface area contributed by atoms with Crippen molar-refractivity contribution in [3.8, 4) is 0 Å². The molecular formula is C7H6ClN3O2. The van der Waals surface area contributed by atoms with Crippen molar-refractivity contribution in [3.63, 3.8) is 0 Å². The molecule has 13 heavy (non-hydrogen) atoms. The van der Waals surface area contributed by atoms with E-state index < -0.39 is 5.23 Å². The van der Waals surface area contributed by atoms with Crippen molar-refractivity contribution in [2.75, 3.05) is 0 Å². The number of quaternary nitrogens is 1. The first-order valence-corrected chi connectivity index (χ1v) is 3.94. The minimum Gasteiger partial charge on any atom is -0.595 e. The Labute approximate surface area is 78.1 Å². The molecule has 2 aromatic rings. The standard InChI is InChI=1S/C7H6ClN3O2/c8-7-9-4-2-1-3-5(11(12)13)6(4)10-7/h1-3,11-12H,(H,9,10). The molecule has 3 N–H and O–H groups in total. The van der Waals surface area contributed by atoms with Gasteiger partial charge in [-0.3, -0.25) is 0 Å². The van der Waals surface area contributed by atoms with E-state index in [0.29, 0.717) is 11.0 Å². The zero-order chi connectivity index (χ0) is 9.42. The molecule has 0 saturated heterocycles. The van der Waals surface area contributed by atoms with Crippen LogP contribution < -0.4 is 5.23 Å². The normalized spacial score (nSPS) is 13.5. The van der Waals surface area contributed by atoms with Crippen molar-refractivity contribution in [2.45, 2.75) is 0 Å². The van der Waals surface area contributed by atoms with Crippen LogP contribution in [0.2, 0.25) is 5.28 Å². The zero-order valence-corrected chi connectivity index (χ0v) is 7.17. The van der Waals surface area contributed by atoms with Crippen molar-refractivity contribution < 1.29 is 10.4 Å². The molecule has 0 spiro atoms. The number of aromatic amines is 1. The van der Waals surface area contributed by atoms with Crippen molar-refractivity contribution in [3.05, 3.63) is 28.7 Å². The number of nitrogens with one attached hydrogen (secondary N) is 2. The van der Waals surface area contributed by atoms with Gasteiger partial charge in [-0.15, -0.1) is 0 Å². The molecule has 1 atom stereocenters. The summed E-state index contributed by atoms with van der Waals surface area (Å²) >= 11 is 5.60. The fourth-order valence-electron chi connectivity index (χ4n) is 1.17. The SMILES string of the molecule is [O-][NH+](O)c1cccc2[nH]c(Cl)nc12. The van der Waals surface area contributed by atoms with Gasteiger partial charge in [0.25, 0.3) is 0 Å². The maximum absolute atomic E-state index is 10.7. The van der Waals surface area contributed by atoms with Crippen LogP contribution >= 0.6 is 11.6 Å². The molecule has 0 aliphatic carbocycles. The van der Waals surface area contributed by atoms with Gasteiger partial charge in [0, 0.05) is 6.07 Å². The third-order valence-corrected chi connectivity index (χ3v) is 1.89. The summed E-state index contributed by atoms with van der Waals surface area (Å²) in [5, 5.41) is 18.7. The molecule has 1 unspecified atom stereocenters. The van der Waals surface area contributed by atoms with Gasteiger partial charge in [-0.25, -0.2) is 10.2 Å². The molecule has 1 aromatic carbocycles. The lowest BCUT2D eigenvalue weighted by molar-refractivity contribution is -0.990. The Bertz CT molecular complexity index is 440. The summed E-state index contributed by atoms with van der Waals surface area (Å²) < 4.78 is 0. The first-order chi connectivity index (χ1) is 6.18. The third kappa shape index (κ3) is 1.38. The lowest BCUT2D eigenvalue weighted by Crippen LogP contribution is -2.99. The molecule has 0 radical (unpaired) electrons. The summed E-state index contributed by atoms with van der Waals surface area (Å²) in [7, 11) is 0. The minimum atomic E-state index is -1.01. The van der Waals surface area contributed by atoms with E-state index in [0.717, 1.165) is 0 Å². The Morgan fingerprint density at radius 2 is 2.31 bits per heavy atom. The number of rotatable bonds is 1. The molecule has 1 heterocycles. The number of benzene rings is 1. The van der Waals surface area contributed by atoms with Crippen LogP contribution in [0.15, 0.2) is 18.2 Å². The fourth-order valence-corrected chi connectivity index (χ4v) is 1.36. The molecule has 0 bridgehead atoms. The minimum absolute atomic E-state index is 0.153. The van der Waals surface area contributed by atoms with E-state index >= 15 is 0 Å². The van der Waals surface area contributed by atoms with E-state index in [1.165, 1.54) is 6.07 Å². The first kappa shape index (κ1) is 8.46. The summed E-state index contributed by atoms with van der Waals surface area (Å²) in [6, 6.07) is 4.85. The average molecular weight is 200 g/mol. The van der Waals surface area contributed by atoms with Crippen molar-refractivity contribution in [1.82, 2.24) is 9.97 Å². The summed E-state index contributed by atoms with van der Waals surface area (Å²) in [5.74, 6) is 0. The highest BCUT2D eigenvalue weighted by molar-refractivity contribution is 6.29. The number of imidazole rings is 1. The van der Waals surface area contributed by atoms with Crippen LogP contribution in [0, 0.1) is 5.21 Å². The number of nitrogens with zero attached hydrogens (tertiary/aromatic N) is 1. The highest BCUT2D eigenvalue weighted by Gasteiger charge is 2.10. The van der Waals surface area contributed by atoms with Gasteiger partial charge in [0.2, 0.25) is 5.28 Å². The van der Waals surface area contributed by atoms with Gasteiger partial charge >= 0.3 is 0 Å². The van der Waals surface area contributed by atoms with E-state index in [1.807, 2.05) is 0 Å². The second kappa shape index (κ2) is 2.97. The van der Waals surface area contributed by atoms with Crippen molar-refractivity contribution in [2.24, 2.45) is 0 Å². The Balaban J connectivity index is 2.75. The molecule has 0 saturated carbocycles. The van der Waals surface area contributed by atoms with Gasteiger partial charge in [0.15, 0.2) is 11.2 Å². The van der Waals surface area contributed by atoms with E-state index in [1.54, 1.807) is 12.1 Å². The van der Waals surface area contributed by atoms with Crippen LogP contribution in [-0.4, -0.2) is 15.2 Å². The number of hydrogen-bond donors (Lipinski definition) is 3. The van der Waals surface area contributed by atoms with Gasteiger partial charge in [0.1, 0.15) is 0 Å². The Kier molecular flexibility index (Phi) is 1.93. The maximum Gasteiger partial charge on any atom is 0.201 e. The molecule has 0 amide bonds. The Morgan fingerprint density at radius 3 is 3.00 bits per heavy atom. The quantitative estimate of drug-likeness (QED) is 0.590. The Hall–Kier alpha value is -1.14. The summed E-state index contributed by atoms with van der Waals surface area (Å²) in [4.78, 5) is 6.61. The topological polar surface area (TPSA) is 76.4 Å². The molecule has 2 rings (SSSR count). The number of aromatic nitrogens is 2. The summed E-state index contributed by atoms with van der Waals surface area (Å²) in [6.45, 7) is 0. The molecule has 68 valence electrons. The largest absolute Gasteiger partial charge is 0.595 e. The lowest BCUT2D eigenvalue weighted by atomic mass is 10.3. The van der Waals surface area contributed by atoms with Crippen molar-refractivity contribution >= 4 is 28.3 Å². The predicted molar refractivity (Wildman–Crippen MR) is 46.9 cm³/mol. The first-order valence-electron chi connectivity index (χ1n) is 3.56. The van der Waals surface area contributed by atoms with Gasteiger partial charge in [0.05, 0.1) is 5.52 Å². The zero-order valence-electron chi connectivity index (χ0n) is 6.41. The van der Waals surface area contributed by atoms with Crippen LogP contribution in [0.3, 0.4) is 0 Å². The molecule has 6 heteroatoms. The van der Waals surface area contributed by atoms with Crippen molar-refractivity contribution in [1.29, 1.82) is 0 Å². The van der Waals surface area contributed by atoms with Gasteiger partial charge < -0.3 is 10.2 Å².